The molecule has 0 bridgehead atoms. The lowest BCUT2D eigenvalue weighted by atomic mass is 10.0. The van der Waals surface area contributed by atoms with Crippen LogP contribution in [-0.2, 0) is 33.3 Å². The predicted octanol–water partition coefficient (Wildman–Crippen LogP) is 11.3. The Morgan fingerprint density at radius 1 is 0.606 bits per heavy atom. The van der Waals surface area contributed by atoms with Gasteiger partial charge in [-0.15, -0.1) is 3.63 Å². The number of halogens is 6. The summed E-state index contributed by atoms with van der Waals surface area (Å²) in [6.07, 6.45) is 6.74. The number of carbonyl (C=O) groups excluding carboxylic acids is 2. The van der Waals surface area contributed by atoms with Crippen LogP contribution in [0.1, 0.15) is 96.5 Å². The molecule has 24 heteroatoms. The van der Waals surface area contributed by atoms with Crippen LogP contribution >= 0.6 is 0 Å². The Hall–Kier alpha value is -6.40. The number of phenols is 1. The molecular weight excluding hydrogens is 987 g/mol. The minimum absolute atomic E-state index is 0.0632. The third-order valence-corrected chi connectivity index (χ3v) is 13.3. The van der Waals surface area contributed by atoms with Gasteiger partial charge in [-0.2, -0.15) is 43.2 Å². The number of carbonyl (C=O) groups is 2. The maximum Gasteiger partial charge on any atom is 0.524 e. The van der Waals surface area contributed by atoms with Crippen molar-refractivity contribution in [1.29, 1.82) is 0 Å². The summed E-state index contributed by atoms with van der Waals surface area (Å²) in [5.74, 6) is 1.86. The van der Waals surface area contributed by atoms with Crippen LogP contribution < -0.4 is 0 Å². The highest BCUT2D eigenvalue weighted by molar-refractivity contribution is 8.00. The average molecular weight is 1040 g/mol. The number of benzene rings is 4. The van der Waals surface area contributed by atoms with E-state index in [1.54, 1.807) is 21.9 Å². The van der Waals surface area contributed by atoms with Gasteiger partial charge in [0.05, 0.1) is 35.9 Å². The molecule has 0 radical (unpaired) electrons. The van der Waals surface area contributed by atoms with E-state index < -0.39 is 42.5 Å². The first-order valence-electron chi connectivity index (χ1n) is 22.0. The molecule has 2 fully saturated rings. The number of aryl methyl sites for hydroxylation is 1. The van der Waals surface area contributed by atoms with Crippen molar-refractivity contribution in [2.75, 3.05) is 13.1 Å². The van der Waals surface area contributed by atoms with Crippen LogP contribution in [0, 0.1) is 6.92 Å². The van der Waals surface area contributed by atoms with Gasteiger partial charge in [0.2, 0.25) is 0 Å². The van der Waals surface area contributed by atoms with Crippen LogP contribution in [-0.4, -0.2) is 99.2 Å². The molecule has 71 heavy (non-hydrogen) atoms. The number of hydrogen-bond acceptors (Lipinski definition) is 12. The maximum absolute atomic E-state index is 12.6. The van der Waals surface area contributed by atoms with E-state index in [0.717, 1.165) is 70.6 Å². The molecule has 0 spiro atoms. The standard InChI is InChI=1S/C23H27N3O2.C22H25N3O3.C2F6O5S2/c1-15-7-8-17-13-18(10-9-16(17)12-15)19-14-24-21(25-19)20-6-5-11-26(20)22(27)28-23(2,3)4;1-22(2,3)28-21(27)25-10-4-5-19(25)20-23-13-18(24-20)16-7-6-15-12-17(26)9-8-14(15)11-16;3-1(4,5)14(9,10)13-15(11,12)2(6,7)8/h7-10,12-14,20H,5-6,11H2,1-4H3,(H,24,25);6-9,11-13,19,26H,4-5,10H2,1-3H3,(H,23,24);/t20-;19-;/m00./s1. The molecule has 2 aliphatic rings. The Bertz CT molecular complexity index is 2920. The number of aromatic amines is 2. The molecule has 384 valence electrons. The van der Waals surface area contributed by atoms with Crippen molar-refractivity contribution in [3.8, 4) is 28.3 Å². The van der Waals surface area contributed by atoms with Crippen LogP contribution in [0.25, 0.3) is 44.1 Å². The van der Waals surface area contributed by atoms with Gasteiger partial charge in [-0.25, -0.2) is 19.6 Å². The Labute approximate surface area is 405 Å². The summed E-state index contributed by atoms with van der Waals surface area (Å²) in [6, 6.07) is 24.1. The van der Waals surface area contributed by atoms with Gasteiger partial charge in [-0.05, 0) is 120 Å². The Morgan fingerprint density at radius 2 is 0.986 bits per heavy atom. The molecule has 0 aliphatic carbocycles. The second-order valence-electron chi connectivity index (χ2n) is 18.7. The summed E-state index contributed by atoms with van der Waals surface area (Å²) in [7, 11) is -13.7. The number of ether oxygens (including phenoxy) is 2. The molecule has 3 N–H and O–H groups in total. The molecule has 16 nitrogen and oxygen atoms in total. The summed E-state index contributed by atoms with van der Waals surface area (Å²) >= 11 is 0. The Balaban J connectivity index is 0.000000184. The summed E-state index contributed by atoms with van der Waals surface area (Å²) in [5, 5.41) is 14.1. The molecule has 0 unspecified atom stereocenters. The summed E-state index contributed by atoms with van der Waals surface area (Å²) in [5.41, 5.74) is -8.30. The lowest BCUT2D eigenvalue weighted by molar-refractivity contribution is -0.0586. The van der Waals surface area contributed by atoms with E-state index in [9.17, 15) is 57.9 Å². The van der Waals surface area contributed by atoms with Gasteiger partial charge in [-0.1, -0.05) is 54.1 Å². The van der Waals surface area contributed by atoms with Crippen molar-refractivity contribution in [2.45, 2.75) is 108 Å². The minimum atomic E-state index is -6.85. The van der Waals surface area contributed by atoms with Crippen LogP contribution in [0.4, 0.5) is 35.9 Å². The largest absolute Gasteiger partial charge is 0.524 e. The van der Waals surface area contributed by atoms with Crippen molar-refractivity contribution in [3.63, 3.8) is 0 Å². The van der Waals surface area contributed by atoms with Crippen LogP contribution in [0.5, 0.6) is 5.75 Å². The SMILES string of the molecule is CC(C)(C)OC(=O)N1CCC[C@H]1c1ncc(-c2ccc3cc(O)ccc3c2)[nH]1.Cc1ccc2cc(-c3cnc([C@@H]4CCCN4C(=O)OC(C)(C)C)[nH]3)ccc2c1.O=S(=O)(OS(=O)(=O)C(F)(F)F)C(F)(F)F. The monoisotopic (exact) mass is 1040 g/mol. The molecule has 0 saturated carbocycles. The minimum Gasteiger partial charge on any atom is -0.508 e. The lowest BCUT2D eigenvalue weighted by Gasteiger charge is -2.27. The summed E-state index contributed by atoms with van der Waals surface area (Å²) in [4.78, 5) is 44.6. The zero-order valence-corrected chi connectivity index (χ0v) is 41.1. The molecule has 6 aromatic rings. The predicted molar refractivity (Wildman–Crippen MR) is 250 cm³/mol. The normalized spacial score (nSPS) is 16.9. The van der Waals surface area contributed by atoms with E-state index in [0.29, 0.717) is 13.1 Å². The van der Waals surface area contributed by atoms with Crippen LogP contribution in [0.15, 0.2) is 85.2 Å². The van der Waals surface area contributed by atoms with Gasteiger partial charge in [0.1, 0.15) is 28.6 Å². The second-order valence-corrected chi connectivity index (χ2v) is 22.0. The first kappa shape index (κ1) is 53.9. The van der Waals surface area contributed by atoms with Gasteiger partial charge < -0.3 is 24.5 Å². The quantitative estimate of drug-likeness (QED) is 0.105. The van der Waals surface area contributed by atoms with E-state index in [1.807, 2.05) is 75.8 Å². The molecule has 2 aliphatic heterocycles. The van der Waals surface area contributed by atoms with Gasteiger partial charge in [0.25, 0.3) is 0 Å². The van der Waals surface area contributed by atoms with Crippen molar-refractivity contribution in [3.05, 3.63) is 102 Å². The average Bonchev–Trinajstić information content (AvgIpc) is 4.09. The summed E-state index contributed by atoms with van der Waals surface area (Å²) < 4.78 is 121. The number of likely N-dealkylation sites (tertiary alicyclic amines) is 2. The Morgan fingerprint density at radius 3 is 1.39 bits per heavy atom. The first-order chi connectivity index (χ1) is 32.8. The highest BCUT2D eigenvalue weighted by Crippen LogP contribution is 2.36. The smallest absolute Gasteiger partial charge is 0.508 e. The highest BCUT2D eigenvalue weighted by Gasteiger charge is 2.57. The number of imidazole rings is 2. The molecule has 4 aromatic carbocycles. The van der Waals surface area contributed by atoms with Crippen molar-refractivity contribution < 1.29 is 71.0 Å². The fourth-order valence-electron chi connectivity index (χ4n) is 7.61. The maximum atomic E-state index is 12.6. The van der Waals surface area contributed by atoms with E-state index in [4.69, 9.17) is 9.47 Å². The first-order valence-corrected chi connectivity index (χ1v) is 24.8. The van der Waals surface area contributed by atoms with Crippen molar-refractivity contribution in [1.82, 2.24) is 29.7 Å². The van der Waals surface area contributed by atoms with Crippen LogP contribution in [0.2, 0.25) is 0 Å². The number of nitrogens with zero attached hydrogens (tertiary/aromatic N) is 4. The van der Waals surface area contributed by atoms with Gasteiger partial charge in [0, 0.05) is 24.2 Å². The van der Waals surface area contributed by atoms with Crippen molar-refractivity contribution in [2.24, 2.45) is 0 Å². The highest BCUT2D eigenvalue weighted by atomic mass is 32.3. The third kappa shape index (κ3) is 13.5. The number of amides is 2. The fraction of sp³-hybridized carbons (Fsp3) is 0.404. The number of aromatic hydroxyl groups is 1. The van der Waals surface area contributed by atoms with Crippen LogP contribution in [0.3, 0.4) is 0 Å². The number of phenolic OH excluding ortho intramolecular Hbond substituents is 1. The molecule has 4 heterocycles. The van der Waals surface area contributed by atoms with Gasteiger partial charge in [-0.3, -0.25) is 9.80 Å². The number of H-pyrrole nitrogens is 2. The van der Waals surface area contributed by atoms with Crippen molar-refractivity contribution >= 4 is 54.0 Å². The van der Waals surface area contributed by atoms with E-state index in [-0.39, 0.29) is 30.0 Å². The number of nitrogens with one attached hydrogen (secondary N) is 2. The number of hydrogen-bond donors (Lipinski definition) is 3. The van der Waals surface area contributed by atoms with E-state index >= 15 is 0 Å². The Kier molecular flexibility index (Phi) is 15.5. The number of aromatic nitrogens is 4. The number of alkyl halides is 6. The number of fused-ring (bicyclic) bond motifs is 2. The molecule has 2 aromatic heterocycles. The molecular formula is C47H52F6N6O10S2. The molecule has 8 rings (SSSR count). The topological polar surface area (TPSA) is 214 Å². The molecule has 2 amide bonds. The molecule has 2 atom stereocenters. The fourth-order valence-corrected chi connectivity index (χ4v) is 9.17. The molecule has 2 saturated heterocycles. The van der Waals surface area contributed by atoms with Gasteiger partial charge in [0.15, 0.2) is 0 Å². The lowest BCUT2D eigenvalue weighted by Crippen LogP contribution is -2.36. The zero-order valence-electron chi connectivity index (χ0n) is 39.5. The van der Waals surface area contributed by atoms with E-state index in [1.165, 1.54) is 16.3 Å². The number of rotatable bonds is 6. The second kappa shape index (κ2) is 20.4. The third-order valence-electron chi connectivity index (χ3n) is 10.8. The zero-order chi connectivity index (χ0) is 52.5. The van der Waals surface area contributed by atoms with Gasteiger partial charge >= 0.3 is 43.4 Å². The van der Waals surface area contributed by atoms with E-state index in [2.05, 4.69) is 69.3 Å². The summed E-state index contributed by atoms with van der Waals surface area (Å²) in [6.45, 7) is 14.8.